The Labute approximate surface area is 110 Å². The number of aryl methyl sites for hydroxylation is 1. The van der Waals surface area contributed by atoms with Crippen LogP contribution in [0.4, 0.5) is 5.69 Å². The largest absolute Gasteiger partial charge is 0.484 e. The van der Waals surface area contributed by atoms with Crippen molar-refractivity contribution in [2.75, 3.05) is 6.61 Å². The zero-order valence-corrected chi connectivity index (χ0v) is 10.6. The van der Waals surface area contributed by atoms with Crippen molar-refractivity contribution >= 4 is 5.69 Å². The fraction of sp³-hybridized carbons (Fsp3) is 0.462. The molecule has 1 saturated carbocycles. The van der Waals surface area contributed by atoms with Gasteiger partial charge in [0.05, 0.1) is 11.0 Å². The van der Waals surface area contributed by atoms with E-state index in [2.05, 4.69) is 6.07 Å². The number of ether oxygens (including phenoxy) is 1. The Hall–Kier alpha value is -2.13. The van der Waals surface area contributed by atoms with Crippen LogP contribution in [0.3, 0.4) is 0 Å². The summed E-state index contributed by atoms with van der Waals surface area (Å²) in [6.07, 6.45) is 1.81. The Morgan fingerprint density at radius 2 is 2.32 bits per heavy atom. The predicted octanol–water partition coefficient (Wildman–Crippen LogP) is 1.91. The molecule has 1 aliphatic carbocycles. The summed E-state index contributed by atoms with van der Waals surface area (Å²) in [6.45, 7) is 1.79. The first-order valence-electron chi connectivity index (χ1n) is 6.04. The second kappa shape index (κ2) is 4.86. The number of hydrogen-bond donors (Lipinski definition) is 1. The van der Waals surface area contributed by atoms with Crippen LogP contribution in [0.1, 0.15) is 18.4 Å². The fourth-order valence-electron chi connectivity index (χ4n) is 1.92. The molecule has 0 aliphatic heterocycles. The molecule has 1 unspecified atom stereocenters. The molecular weight excluding hydrogens is 246 g/mol. The van der Waals surface area contributed by atoms with Crippen LogP contribution in [-0.4, -0.2) is 17.1 Å². The Morgan fingerprint density at radius 1 is 1.63 bits per heavy atom. The van der Waals surface area contributed by atoms with Crippen molar-refractivity contribution in [3.63, 3.8) is 0 Å². The molecule has 2 N–H and O–H groups in total. The monoisotopic (exact) mass is 261 g/mol. The first-order chi connectivity index (χ1) is 8.96. The van der Waals surface area contributed by atoms with Gasteiger partial charge in [-0.05, 0) is 37.3 Å². The molecule has 6 nitrogen and oxygen atoms in total. The van der Waals surface area contributed by atoms with Crippen LogP contribution in [0.5, 0.6) is 5.75 Å². The number of nitrogens with two attached hydrogens (primary N) is 1. The molecule has 0 amide bonds. The number of benzene rings is 1. The first-order valence-corrected chi connectivity index (χ1v) is 6.04. The highest BCUT2D eigenvalue weighted by Gasteiger charge is 2.43. The molecule has 2 rings (SSSR count). The molecule has 19 heavy (non-hydrogen) atoms. The van der Waals surface area contributed by atoms with Gasteiger partial charge in [-0.1, -0.05) is 6.07 Å². The second-order valence-corrected chi connectivity index (χ2v) is 4.94. The highest BCUT2D eigenvalue weighted by atomic mass is 16.6. The van der Waals surface area contributed by atoms with Gasteiger partial charge in [-0.25, -0.2) is 0 Å². The van der Waals surface area contributed by atoms with Crippen molar-refractivity contribution in [3.05, 3.63) is 33.9 Å². The van der Waals surface area contributed by atoms with Gasteiger partial charge in [-0.3, -0.25) is 10.1 Å². The van der Waals surface area contributed by atoms with Crippen LogP contribution in [0.2, 0.25) is 0 Å². The average Bonchev–Trinajstić information content (AvgIpc) is 3.20. The number of rotatable bonds is 5. The molecule has 0 heterocycles. The third-order valence-electron chi connectivity index (χ3n) is 3.29. The number of nitriles is 1. The highest BCUT2D eigenvalue weighted by molar-refractivity contribution is 5.48. The lowest BCUT2D eigenvalue weighted by Crippen LogP contribution is -2.46. The van der Waals surface area contributed by atoms with Gasteiger partial charge in [-0.2, -0.15) is 5.26 Å². The third kappa shape index (κ3) is 2.83. The number of nitro groups is 1. The molecule has 0 bridgehead atoms. The van der Waals surface area contributed by atoms with Crippen molar-refractivity contribution in [2.24, 2.45) is 11.7 Å². The normalized spacial score (nSPS) is 17.3. The Kier molecular flexibility index (Phi) is 3.40. The van der Waals surface area contributed by atoms with Gasteiger partial charge in [0.15, 0.2) is 5.75 Å². The quantitative estimate of drug-likeness (QED) is 0.644. The number of hydrogen-bond acceptors (Lipinski definition) is 5. The molecule has 1 aromatic rings. The standard InChI is InChI=1S/C13H15N3O3/c1-9-2-5-11(16(17)18)12(6-9)19-8-13(15,7-14)10-3-4-10/h2,5-6,10H,3-4,8,15H2,1H3. The van der Waals surface area contributed by atoms with E-state index in [0.717, 1.165) is 18.4 Å². The minimum atomic E-state index is -1.06. The molecule has 6 heteroatoms. The van der Waals surface area contributed by atoms with Crippen molar-refractivity contribution < 1.29 is 9.66 Å². The first kappa shape index (κ1) is 13.3. The summed E-state index contributed by atoms with van der Waals surface area (Å²) in [6, 6.07) is 6.68. The molecule has 100 valence electrons. The summed E-state index contributed by atoms with van der Waals surface area (Å²) in [7, 11) is 0. The van der Waals surface area contributed by atoms with E-state index in [9.17, 15) is 10.1 Å². The topological polar surface area (TPSA) is 102 Å². The van der Waals surface area contributed by atoms with Gasteiger partial charge in [-0.15, -0.1) is 0 Å². The van der Waals surface area contributed by atoms with Gasteiger partial charge in [0.1, 0.15) is 12.1 Å². The molecule has 0 aromatic heterocycles. The van der Waals surface area contributed by atoms with Crippen LogP contribution >= 0.6 is 0 Å². The van der Waals surface area contributed by atoms with Gasteiger partial charge >= 0.3 is 5.69 Å². The molecule has 1 aliphatic rings. The summed E-state index contributed by atoms with van der Waals surface area (Å²) in [5.41, 5.74) is 5.64. The zero-order chi connectivity index (χ0) is 14.0. The van der Waals surface area contributed by atoms with Crippen molar-refractivity contribution in [1.29, 1.82) is 5.26 Å². The van der Waals surface area contributed by atoms with E-state index in [1.807, 2.05) is 6.92 Å². The number of nitrogens with zero attached hydrogens (tertiary/aromatic N) is 2. The molecule has 0 saturated heterocycles. The minimum Gasteiger partial charge on any atom is -0.484 e. The SMILES string of the molecule is Cc1ccc([N+](=O)[O-])c(OCC(N)(C#N)C2CC2)c1. The van der Waals surface area contributed by atoms with Gasteiger partial charge in [0.25, 0.3) is 0 Å². The molecule has 0 spiro atoms. The summed E-state index contributed by atoms with van der Waals surface area (Å²) in [5, 5.41) is 20.0. The average molecular weight is 261 g/mol. The van der Waals surface area contributed by atoms with E-state index in [-0.39, 0.29) is 24.0 Å². The Morgan fingerprint density at radius 3 is 2.84 bits per heavy atom. The lowest BCUT2D eigenvalue weighted by atomic mass is 9.98. The Bertz CT molecular complexity index is 549. The summed E-state index contributed by atoms with van der Waals surface area (Å²) >= 11 is 0. The van der Waals surface area contributed by atoms with Gasteiger partial charge in [0.2, 0.25) is 0 Å². The smallest absolute Gasteiger partial charge is 0.310 e. The molecular formula is C13H15N3O3. The van der Waals surface area contributed by atoms with Crippen LogP contribution in [0.15, 0.2) is 18.2 Å². The lowest BCUT2D eigenvalue weighted by Gasteiger charge is -2.21. The van der Waals surface area contributed by atoms with E-state index in [1.165, 1.54) is 6.07 Å². The summed E-state index contributed by atoms with van der Waals surface area (Å²) in [4.78, 5) is 10.4. The molecule has 1 aromatic carbocycles. The lowest BCUT2D eigenvalue weighted by molar-refractivity contribution is -0.385. The van der Waals surface area contributed by atoms with Crippen LogP contribution < -0.4 is 10.5 Å². The third-order valence-corrected chi connectivity index (χ3v) is 3.29. The predicted molar refractivity (Wildman–Crippen MR) is 68.6 cm³/mol. The van der Waals surface area contributed by atoms with Crippen molar-refractivity contribution in [2.45, 2.75) is 25.3 Å². The zero-order valence-electron chi connectivity index (χ0n) is 10.6. The van der Waals surface area contributed by atoms with Gasteiger partial charge in [0, 0.05) is 6.07 Å². The highest BCUT2D eigenvalue weighted by Crippen LogP contribution is 2.39. The van der Waals surface area contributed by atoms with E-state index >= 15 is 0 Å². The molecule has 1 atom stereocenters. The van der Waals surface area contributed by atoms with Crippen LogP contribution in [-0.2, 0) is 0 Å². The molecule has 1 fully saturated rings. The van der Waals surface area contributed by atoms with E-state index in [0.29, 0.717) is 0 Å². The minimum absolute atomic E-state index is 0.0293. The Balaban J connectivity index is 2.17. The van der Waals surface area contributed by atoms with Crippen LogP contribution in [0, 0.1) is 34.3 Å². The fourth-order valence-corrected chi connectivity index (χ4v) is 1.92. The van der Waals surface area contributed by atoms with E-state index in [4.69, 9.17) is 15.7 Å². The van der Waals surface area contributed by atoms with Crippen molar-refractivity contribution in [3.8, 4) is 11.8 Å². The maximum Gasteiger partial charge on any atom is 0.310 e. The maximum atomic E-state index is 10.9. The van der Waals surface area contributed by atoms with E-state index < -0.39 is 10.5 Å². The number of nitro benzene ring substituents is 1. The van der Waals surface area contributed by atoms with E-state index in [1.54, 1.807) is 12.1 Å². The van der Waals surface area contributed by atoms with Crippen LogP contribution in [0.25, 0.3) is 0 Å². The summed E-state index contributed by atoms with van der Waals surface area (Å²) in [5.74, 6) is 0.289. The maximum absolute atomic E-state index is 10.9. The van der Waals surface area contributed by atoms with Crippen molar-refractivity contribution in [1.82, 2.24) is 0 Å². The molecule has 0 radical (unpaired) electrons. The summed E-state index contributed by atoms with van der Waals surface area (Å²) < 4.78 is 5.45. The van der Waals surface area contributed by atoms with Gasteiger partial charge < -0.3 is 10.5 Å². The second-order valence-electron chi connectivity index (χ2n) is 4.94.